The Morgan fingerprint density at radius 3 is 2.38 bits per heavy atom. The minimum atomic E-state index is -4.03. The number of piperidine rings is 1. The Kier molecular flexibility index (Phi) is 4.58. The van der Waals surface area contributed by atoms with E-state index in [1.165, 1.54) is 0 Å². The first-order valence-electron chi connectivity index (χ1n) is 7.77. The van der Waals surface area contributed by atoms with Crippen LogP contribution < -0.4 is 5.73 Å². The molecule has 2 aliphatic heterocycles. The molecule has 2 aliphatic rings. The maximum atomic E-state index is 13.7. The largest absolute Gasteiger partial charge is 0.369 e. The Hall–Kier alpha value is -1.58. The van der Waals surface area contributed by atoms with Crippen LogP contribution in [0.25, 0.3) is 0 Å². The second-order valence-corrected chi connectivity index (χ2v) is 8.17. The van der Waals surface area contributed by atoms with Gasteiger partial charge in [-0.2, -0.15) is 4.31 Å². The maximum Gasteiger partial charge on any atom is 0.246 e. The van der Waals surface area contributed by atoms with Crippen LogP contribution in [0.15, 0.2) is 23.1 Å². The quantitative estimate of drug-likeness (QED) is 0.850. The van der Waals surface area contributed by atoms with Crippen LogP contribution in [0, 0.1) is 17.6 Å². The molecule has 0 unspecified atom stereocenters. The molecule has 0 aliphatic carbocycles. The highest BCUT2D eigenvalue weighted by molar-refractivity contribution is 7.89. The Bertz CT molecular complexity index is 742. The summed E-state index contributed by atoms with van der Waals surface area (Å²) in [6, 6.07) is 2.44. The Balaban J connectivity index is 1.62. The van der Waals surface area contributed by atoms with E-state index in [1.54, 1.807) is 0 Å². The van der Waals surface area contributed by atoms with E-state index < -0.39 is 26.6 Å². The summed E-state index contributed by atoms with van der Waals surface area (Å²) in [6.45, 7) is 1.83. The van der Waals surface area contributed by atoms with Crippen LogP contribution in [0.2, 0.25) is 0 Å². The zero-order valence-corrected chi connectivity index (χ0v) is 13.8. The van der Waals surface area contributed by atoms with Gasteiger partial charge in [0.15, 0.2) is 0 Å². The summed E-state index contributed by atoms with van der Waals surface area (Å²) in [5.74, 6) is -2.17. The molecule has 0 spiro atoms. The number of hydrogen-bond donors (Lipinski definition) is 1. The van der Waals surface area contributed by atoms with Gasteiger partial charge in [-0.25, -0.2) is 17.2 Å². The second kappa shape index (κ2) is 6.38. The molecule has 2 N–H and O–H groups in total. The molecule has 1 amide bonds. The van der Waals surface area contributed by atoms with Gasteiger partial charge in [0.1, 0.15) is 16.5 Å². The van der Waals surface area contributed by atoms with Crippen molar-refractivity contribution in [3.05, 3.63) is 29.8 Å². The van der Waals surface area contributed by atoms with Crippen LogP contribution in [-0.2, 0) is 14.8 Å². The van der Waals surface area contributed by atoms with Gasteiger partial charge in [-0.15, -0.1) is 0 Å². The van der Waals surface area contributed by atoms with Crippen molar-refractivity contribution in [3.8, 4) is 0 Å². The van der Waals surface area contributed by atoms with E-state index in [0.717, 1.165) is 16.4 Å². The molecule has 3 rings (SSSR count). The van der Waals surface area contributed by atoms with Crippen LogP contribution in [0.3, 0.4) is 0 Å². The van der Waals surface area contributed by atoms with Crippen molar-refractivity contribution in [2.45, 2.75) is 23.8 Å². The number of benzene rings is 1. The summed E-state index contributed by atoms with van der Waals surface area (Å²) >= 11 is 0. The number of carbonyl (C=O) groups excluding carboxylic acids is 1. The standard InChI is InChI=1S/C15H19F2N3O3S/c16-11-1-2-13(17)14(7-11)24(22,23)20-8-12(9-20)19-5-3-10(4-6-19)15(18)21/h1-2,7,10,12H,3-6,8-9H2,(H2,18,21). The van der Waals surface area contributed by atoms with Gasteiger partial charge in [0.05, 0.1) is 0 Å². The lowest BCUT2D eigenvalue weighted by Crippen LogP contribution is -2.62. The fourth-order valence-electron chi connectivity index (χ4n) is 3.21. The molecule has 6 nitrogen and oxygen atoms in total. The SMILES string of the molecule is NC(=O)C1CCN(C2CN(S(=O)(=O)c3cc(F)ccc3F)C2)CC1. The van der Waals surface area contributed by atoms with Gasteiger partial charge in [0.25, 0.3) is 0 Å². The molecular formula is C15H19F2N3O3S. The fraction of sp³-hybridized carbons (Fsp3) is 0.533. The van der Waals surface area contributed by atoms with Gasteiger partial charge in [-0.3, -0.25) is 9.69 Å². The van der Waals surface area contributed by atoms with Crippen molar-refractivity contribution in [3.63, 3.8) is 0 Å². The van der Waals surface area contributed by atoms with Crippen molar-refractivity contribution in [1.82, 2.24) is 9.21 Å². The van der Waals surface area contributed by atoms with Gasteiger partial charge in [0.2, 0.25) is 15.9 Å². The predicted octanol–water partition coefficient (Wildman–Crippen LogP) is 0.535. The van der Waals surface area contributed by atoms with Crippen LogP contribution in [0.4, 0.5) is 8.78 Å². The molecule has 0 bridgehead atoms. The number of likely N-dealkylation sites (tertiary alicyclic amines) is 1. The molecule has 2 fully saturated rings. The number of carbonyl (C=O) groups is 1. The molecular weight excluding hydrogens is 340 g/mol. The zero-order valence-electron chi connectivity index (χ0n) is 13.0. The van der Waals surface area contributed by atoms with E-state index in [1.807, 2.05) is 0 Å². The number of sulfonamides is 1. The number of primary amides is 1. The monoisotopic (exact) mass is 359 g/mol. The lowest BCUT2D eigenvalue weighted by molar-refractivity contribution is -0.123. The van der Waals surface area contributed by atoms with Gasteiger partial charge < -0.3 is 5.73 Å². The molecule has 1 aromatic carbocycles. The van der Waals surface area contributed by atoms with E-state index in [0.29, 0.717) is 32.0 Å². The van der Waals surface area contributed by atoms with Crippen molar-refractivity contribution in [1.29, 1.82) is 0 Å². The number of hydrogen-bond acceptors (Lipinski definition) is 4. The zero-order chi connectivity index (χ0) is 17.5. The fourth-order valence-corrected chi connectivity index (χ4v) is 4.80. The Morgan fingerprint density at radius 2 is 1.79 bits per heavy atom. The van der Waals surface area contributed by atoms with Crippen LogP contribution in [0.5, 0.6) is 0 Å². The van der Waals surface area contributed by atoms with Crippen LogP contribution in [-0.4, -0.2) is 55.8 Å². The van der Waals surface area contributed by atoms with Gasteiger partial charge in [-0.05, 0) is 44.1 Å². The number of halogens is 2. The third-order valence-electron chi connectivity index (χ3n) is 4.79. The molecule has 24 heavy (non-hydrogen) atoms. The smallest absolute Gasteiger partial charge is 0.246 e. The topological polar surface area (TPSA) is 83.7 Å². The number of rotatable bonds is 4. The molecule has 1 aromatic rings. The van der Waals surface area contributed by atoms with E-state index in [-0.39, 0.29) is 31.0 Å². The summed E-state index contributed by atoms with van der Waals surface area (Å²) in [5.41, 5.74) is 5.29. The molecule has 0 saturated carbocycles. The first-order valence-corrected chi connectivity index (χ1v) is 9.21. The van der Waals surface area contributed by atoms with E-state index in [9.17, 15) is 22.0 Å². The van der Waals surface area contributed by atoms with Gasteiger partial charge in [0, 0.05) is 25.0 Å². The van der Waals surface area contributed by atoms with Gasteiger partial charge >= 0.3 is 0 Å². The molecule has 2 heterocycles. The van der Waals surface area contributed by atoms with Crippen molar-refractivity contribution < 1.29 is 22.0 Å². The number of nitrogens with two attached hydrogens (primary N) is 1. The normalized spacial score (nSPS) is 21.6. The van der Waals surface area contributed by atoms with Crippen molar-refractivity contribution >= 4 is 15.9 Å². The van der Waals surface area contributed by atoms with Crippen molar-refractivity contribution in [2.75, 3.05) is 26.2 Å². The molecule has 0 radical (unpaired) electrons. The highest BCUT2D eigenvalue weighted by Crippen LogP contribution is 2.28. The molecule has 2 saturated heterocycles. The lowest BCUT2D eigenvalue weighted by atomic mass is 9.94. The Morgan fingerprint density at radius 1 is 1.17 bits per heavy atom. The van der Waals surface area contributed by atoms with Crippen molar-refractivity contribution in [2.24, 2.45) is 11.7 Å². The summed E-state index contributed by atoms with van der Waals surface area (Å²) in [5, 5.41) is 0. The summed E-state index contributed by atoms with van der Waals surface area (Å²) in [7, 11) is -4.03. The average molecular weight is 359 g/mol. The number of amides is 1. The first kappa shape index (κ1) is 17.2. The summed E-state index contributed by atoms with van der Waals surface area (Å²) in [6.07, 6.45) is 1.33. The van der Waals surface area contributed by atoms with E-state index in [4.69, 9.17) is 5.73 Å². The minimum absolute atomic E-state index is 0.0326. The maximum absolute atomic E-state index is 13.7. The minimum Gasteiger partial charge on any atom is -0.369 e. The molecule has 9 heteroatoms. The predicted molar refractivity (Wildman–Crippen MR) is 82.4 cm³/mol. The number of nitrogens with zero attached hydrogens (tertiary/aromatic N) is 2. The third kappa shape index (κ3) is 3.15. The van der Waals surface area contributed by atoms with Crippen LogP contribution >= 0.6 is 0 Å². The average Bonchev–Trinajstić information content (AvgIpc) is 2.48. The van der Waals surface area contributed by atoms with Gasteiger partial charge in [-0.1, -0.05) is 0 Å². The lowest BCUT2D eigenvalue weighted by Gasteiger charge is -2.46. The molecule has 0 atom stereocenters. The summed E-state index contributed by atoms with van der Waals surface area (Å²) < 4.78 is 52.9. The first-order chi connectivity index (χ1) is 11.3. The molecule has 0 aromatic heterocycles. The Labute approximate surface area is 139 Å². The van der Waals surface area contributed by atoms with E-state index in [2.05, 4.69) is 4.90 Å². The summed E-state index contributed by atoms with van der Waals surface area (Å²) in [4.78, 5) is 12.7. The second-order valence-electron chi connectivity index (χ2n) is 6.26. The third-order valence-corrected chi connectivity index (χ3v) is 6.63. The van der Waals surface area contributed by atoms with Crippen LogP contribution in [0.1, 0.15) is 12.8 Å². The highest BCUT2D eigenvalue weighted by atomic mass is 32.2. The van der Waals surface area contributed by atoms with E-state index >= 15 is 0 Å². The highest BCUT2D eigenvalue weighted by Gasteiger charge is 2.41. The molecule has 132 valence electrons.